The number of amides is 2. The second-order valence-electron chi connectivity index (χ2n) is 4.61. The molecule has 2 heterocycles. The van der Waals surface area contributed by atoms with Crippen LogP contribution < -0.4 is 5.32 Å². The molecule has 4 heteroatoms. The molecule has 1 aromatic heterocycles. The van der Waals surface area contributed by atoms with Crippen molar-refractivity contribution in [3.63, 3.8) is 0 Å². The topological polar surface area (TPSA) is 45.2 Å². The van der Waals surface area contributed by atoms with E-state index in [2.05, 4.69) is 22.4 Å². The molecule has 1 aliphatic rings. The Kier molecular flexibility index (Phi) is 3.14. The first-order valence-corrected chi connectivity index (χ1v) is 6.36. The highest BCUT2D eigenvalue weighted by Crippen LogP contribution is 2.19. The van der Waals surface area contributed by atoms with Crippen LogP contribution in [0.2, 0.25) is 0 Å². The summed E-state index contributed by atoms with van der Waals surface area (Å²) in [6.45, 7) is 1.42. The molecule has 0 aliphatic carbocycles. The van der Waals surface area contributed by atoms with Crippen molar-refractivity contribution >= 4 is 11.7 Å². The third-order valence-corrected chi connectivity index (χ3v) is 3.33. The molecule has 19 heavy (non-hydrogen) atoms. The molecule has 1 N–H and O–H groups in total. The van der Waals surface area contributed by atoms with E-state index < -0.39 is 0 Å². The minimum absolute atomic E-state index is 0.0671. The number of anilines is 1. The zero-order valence-electron chi connectivity index (χ0n) is 10.5. The summed E-state index contributed by atoms with van der Waals surface area (Å²) in [5.41, 5.74) is 3.30. The molecule has 1 aliphatic heterocycles. The summed E-state index contributed by atoms with van der Waals surface area (Å²) in [6.07, 6.45) is 4.25. The van der Waals surface area contributed by atoms with Gasteiger partial charge in [0, 0.05) is 19.3 Å². The second kappa shape index (κ2) is 5.10. The molecule has 4 nitrogen and oxygen atoms in total. The van der Waals surface area contributed by atoms with Gasteiger partial charge in [-0.1, -0.05) is 24.3 Å². The number of carbonyl (C=O) groups is 1. The maximum Gasteiger partial charge on any atom is 0.322 e. The third kappa shape index (κ3) is 2.57. The fourth-order valence-corrected chi connectivity index (χ4v) is 2.31. The summed E-state index contributed by atoms with van der Waals surface area (Å²) in [4.78, 5) is 18.0. The van der Waals surface area contributed by atoms with Crippen LogP contribution in [0.1, 0.15) is 11.1 Å². The number of hydrogen-bond acceptors (Lipinski definition) is 2. The Morgan fingerprint density at radius 2 is 2.00 bits per heavy atom. The highest BCUT2D eigenvalue weighted by Gasteiger charge is 2.20. The molecule has 1 aromatic carbocycles. The predicted octanol–water partition coefficient (Wildman–Crippen LogP) is 2.67. The normalized spacial score (nSPS) is 13.8. The summed E-state index contributed by atoms with van der Waals surface area (Å²) < 4.78 is 0. The number of benzene rings is 1. The van der Waals surface area contributed by atoms with Crippen LogP contribution in [0.25, 0.3) is 0 Å². The van der Waals surface area contributed by atoms with Gasteiger partial charge in [0.2, 0.25) is 0 Å². The number of pyridine rings is 1. The number of urea groups is 1. The Morgan fingerprint density at radius 1 is 1.16 bits per heavy atom. The van der Waals surface area contributed by atoms with E-state index in [9.17, 15) is 4.79 Å². The summed E-state index contributed by atoms with van der Waals surface area (Å²) >= 11 is 0. The molecule has 0 spiro atoms. The minimum Gasteiger partial charge on any atom is -0.320 e. The lowest BCUT2D eigenvalue weighted by molar-refractivity contribution is 0.206. The number of nitrogens with zero attached hydrogens (tertiary/aromatic N) is 2. The second-order valence-corrected chi connectivity index (χ2v) is 4.61. The fraction of sp³-hybridized carbons (Fsp3) is 0.200. The highest BCUT2D eigenvalue weighted by atomic mass is 16.2. The average Bonchev–Trinajstić information content (AvgIpc) is 2.48. The Labute approximate surface area is 112 Å². The molecule has 2 amide bonds. The van der Waals surface area contributed by atoms with E-state index >= 15 is 0 Å². The summed E-state index contributed by atoms with van der Waals surface area (Å²) in [7, 11) is 0. The first kappa shape index (κ1) is 11.7. The van der Waals surface area contributed by atoms with Crippen LogP contribution in [0.4, 0.5) is 10.5 Å². The van der Waals surface area contributed by atoms with E-state index in [0.717, 1.165) is 18.7 Å². The van der Waals surface area contributed by atoms with Crippen molar-refractivity contribution < 1.29 is 4.79 Å². The molecule has 0 saturated heterocycles. The van der Waals surface area contributed by atoms with Crippen LogP contribution in [0, 0.1) is 0 Å². The predicted molar refractivity (Wildman–Crippen MR) is 73.8 cm³/mol. The van der Waals surface area contributed by atoms with Crippen LogP contribution in [0.3, 0.4) is 0 Å². The van der Waals surface area contributed by atoms with Gasteiger partial charge in [-0.05, 0) is 29.7 Å². The van der Waals surface area contributed by atoms with Crippen LogP contribution >= 0.6 is 0 Å². The third-order valence-electron chi connectivity index (χ3n) is 3.33. The van der Waals surface area contributed by atoms with E-state index in [1.165, 1.54) is 11.1 Å². The molecular formula is C15H15N3O. The number of nitrogens with one attached hydrogen (secondary N) is 1. The largest absolute Gasteiger partial charge is 0.322 e. The lowest BCUT2D eigenvalue weighted by Gasteiger charge is -2.28. The zero-order valence-corrected chi connectivity index (χ0v) is 10.5. The van der Waals surface area contributed by atoms with Crippen molar-refractivity contribution in [3.8, 4) is 0 Å². The van der Waals surface area contributed by atoms with Gasteiger partial charge in [0.1, 0.15) is 0 Å². The Balaban J connectivity index is 1.70. The average molecular weight is 253 g/mol. The van der Waals surface area contributed by atoms with Gasteiger partial charge >= 0.3 is 6.03 Å². The van der Waals surface area contributed by atoms with Gasteiger partial charge in [-0.2, -0.15) is 0 Å². The monoisotopic (exact) mass is 253 g/mol. The summed E-state index contributed by atoms with van der Waals surface area (Å²) in [6, 6.07) is 11.8. The number of fused-ring (bicyclic) bond motifs is 1. The van der Waals surface area contributed by atoms with E-state index in [1.807, 2.05) is 23.1 Å². The van der Waals surface area contributed by atoms with E-state index in [-0.39, 0.29) is 6.03 Å². The molecular weight excluding hydrogens is 238 g/mol. The zero-order chi connectivity index (χ0) is 13.1. The number of rotatable bonds is 1. The van der Waals surface area contributed by atoms with Gasteiger partial charge in [-0.25, -0.2) is 4.79 Å². The molecule has 0 radical (unpaired) electrons. The highest BCUT2D eigenvalue weighted by molar-refractivity contribution is 5.89. The first-order valence-electron chi connectivity index (χ1n) is 6.36. The summed E-state index contributed by atoms with van der Waals surface area (Å²) in [5, 5.41) is 2.87. The molecule has 3 rings (SSSR count). The SMILES string of the molecule is O=C(Nc1cccnc1)N1CCc2ccccc2C1. The maximum absolute atomic E-state index is 12.2. The van der Waals surface area contributed by atoms with Crippen molar-refractivity contribution in [1.29, 1.82) is 0 Å². The van der Waals surface area contributed by atoms with Crippen LogP contribution in [-0.4, -0.2) is 22.5 Å². The van der Waals surface area contributed by atoms with Crippen LogP contribution in [0.5, 0.6) is 0 Å². The maximum atomic E-state index is 12.2. The molecule has 0 saturated carbocycles. The first-order chi connectivity index (χ1) is 9.33. The summed E-state index contributed by atoms with van der Waals surface area (Å²) in [5.74, 6) is 0. The Bertz CT molecular complexity index is 583. The Hall–Kier alpha value is -2.36. The quantitative estimate of drug-likeness (QED) is 0.849. The number of aromatic nitrogens is 1. The Morgan fingerprint density at radius 3 is 2.79 bits per heavy atom. The molecule has 2 aromatic rings. The van der Waals surface area contributed by atoms with E-state index in [1.54, 1.807) is 18.5 Å². The lowest BCUT2D eigenvalue weighted by Crippen LogP contribution is -2.38. The van der Waals surface area contributed by atoms with Gasteiger partial charge in [-0.15, -0.1) is 0 Å². The molecule has 0 bridgehead atoms. The lowest BCUT2D eigenvalue weighted by atomic mass is 10.0. The van der Waals surface area contributed by atoms with Crippen molar-refractivity contribution in [2.75, 3.05) is 11.9 Å². The fourth-order valence-electron chi connectivity index (χ4n) is 2.31. The smallest absolute Gasteiger partial charge is 0.320 e. The van der Waals surface area contributed by atoms with Crippen LogP contribution in [0.15, 0.2) is 48.8 Å². The minimum atomic E-state index is -0.0671. The van der Waals surface area contributed by atoms with Gasteiger partial charge in [-0.3, -0.25) is 4.98 Å². The number of carbonyl (C=O) groups excluding carboxylic acids is 1. The van der Waals surface area contributed by atoms with E-state index in [4.69, 9.17) is 0 Å². The van der Waals surface area contributed by atoms with Gasteiger partial charge in [0.25, 0.3) is 0 Å². The molecule has 0 atom stereocenters. The van der Waals surface area contributed by atoms with Crippen molar-refractivity contribution in [1.82, 2.24) is 9.88 Å². The van der Waals surface area contributed by atoms with Crippen molar-refractivity contribution in [2.45, 2.75) is 13.0 Å². The van der Waals surface area contributed by atoms with Gasteiger partial charge in [0.05, 0.1) is 11.9 Å². The van der Waals surface area contributed by atoms with Crippen molar-refractivity contribution in [2.24, 2.45) is 0 Å². The van der Waals surface area contributed by atoms with E-state index in [0.29, 0.717) is 6.54 Å². The van der Waals surface area contributed by atoms with Crippen LogP contribution in [-0.2, 0) is 13.0 Å². The van der Waals surface area contributed by atoms with Gasteiger partial charge < -0.3 is 10.2 Å². The number of hydrogen-bond donors (Lipinski definition) is 1. The molecule has 96 valence electrons. The van der Waals surface area contributed by atoms with Gasteiger partial charge in [0.15, 0.2) is 0 Å². The van der Waals surface area contributed by atoms with Crippen molar-refractivity contribution in [3.05, 3.63) is 59.9 Å². The standard InChI is InChI=1S/C15H15N3O/c19-15(17-14-6-3-8-16-10-14)18-9-7-12-4-1-2-5-13(12)11-18/h1-6,8,10H,7,9,11H2,(H,17,19). The molecule has 0 fully saturated rings. The molecule has 0 unspecified atom stereocenters.